The van der Waals surface area contributed by atoms with Crippen LogP contribution in [-0.4, -0.2) is 49.3 Å². The molecule has 24 heavy (non-hydrogen) atoms. The Labute approximate surface area is 142 Å². The van der Waals surface area contributed by atoms with Gasteiger partial charge in [0.1, 0.15) is 17.3 Å². The van der Waals surface area contributed by atoms with Crippen molar-refractivity contribution in [2.75, 3.05) is 44.2 Å². The van der Waals surface area contributed by atoms with Crippen LogP contribution in [-0.2, 0) is 0 Å². The summed E-state index contributed by atoms with van der Waals surface area (Å²) in [6.45, 7) is 5.68. The monoisotopic (exact) mass is 330 g/mol. The number of halogens is 1. The molecule has 0 saturated carbocycles. The lowest BCUT2D eigenvalue weighted by atomic mass is 10.2. The summed E-state index contributed by atoms with van der Waals surface area (Å²) >= 11 is 0. The molecule has 1 aliphatic rings. The fraction of sp³-hybridized carbons (Fsp3) is 0.368. The number of benzene rings is 2. The van der Waals surface area contributed by atoms with E-state index in [0.717, 1.165) is 44.8 Å². The minimum atomic E-state index is -0.242. The maximum Gasteiger partial charge on any atom is 0.123 e. The van der Waals surface area contributed by atoms with Crippen molar-refractivity contribution < 1.29 is 14.2 Å². The first-order valence-electron chi connectivity index (χ1n) is 8.35. The molecule has 4 nitrogen and oxygen atoms in total. The molecule has 1 saturated heterocycles. The molecular weight excluding hydrogens is 307 g/mol. The summed E-state index contributed by atoms with van der Waals surface area (Å²) in [5, 5.41) is 9.36. The summed E-state index contributed by atoms with van der Waals surface area (Å²) in [7, 11) is 0. The normalized spacial score (nSPS) is 15.5. The maximum absolute atomic E-state index is 12.8. The number of hydrogen-bond acceptors (Lipinski definition) is 4. The van der Waals surface area contributed by atoms with Crippen LogP contribution in [0.2, 0.25) is 0 Å². The highest BCUT2D eigenvalue weighted by molar-refractivity contribution is 5.49. The molecular formula is C19H23FN2O2. The van der Waals surface area contributed by atoms with Gasteiger partial charge in [-0.2, -0.15) is 0 Å². The van der Waals surface area contributed by atoms with E-state index in [0.29, 0.717) is 18.1 Å². The molecule has 0 radical (unpaired) electrons. The van der Waals surface area contributed by atoms with Crippen molar-refractivity contribution in [2.45, 2.75) is 6.42 Å². The molecule has 1 aliphatic heterocycles. The average molecular weight is 330 g/mol. The van der Waals surface area contributed by atoms with Crippen LogP contribution in [0.3, 0.4) is 0 Å². The fourth-order valence-corrected chi connectivity index (χ4v) is 2.90. The van der Waals surface area contributed by atoms with Gasteiger partial charge in [0.25, 0.3) is 0 Å². The first-order valence-corrected chi connectivity index (χ1v) is 8.35. The zero-order valence-electron chi connectivity index (χ0n) is 13.7. The summed E-state index contributed by atoms with van der Waals surface area (Å²) in [4.78, 5) is 4.77. The van der Waals surface area contributed by atoms with E-state index in [1.165, 1.54) is 12.1 Å². The van der Waals surface area contributed by atoms with Gasteiger partial charge in [0.2, 0.25) is 0 Å². The Morgan fingerprint density at radius 3 is 2.25 bits per heavy atom. The average Bonchev–Trinajstić information content (AvgIpc) is 2.62. The Balaban J connectivity index is 1.35. The van der Waals surface area contributed by atoms with Crippen molar-refractivity contribution in [1.29, 1.82) is 0 Å². The van der Waals surface area contributed by atoms with E-state index in [1.54, 1.807) is 24.3 Å². The van der Waals surface area contributed by atoms with Crippen LogP contribution < -0.4 is 9.64 Å². The van der Waals surface area contributed by atoms with Crippen LogP contribution in [0.5, 0.6) is 11.5 Å². The molecule has 1 heterocycles. The molecule has 0 amide bonds. The van der Waals surface area contributed by atoms with Crippen molar-refractivity contribution in [3.63, 3.8) is 0 Å². The van der Waals surface area contributed by atoms with E-state index in [2.05, 4.69) is 9.80 Å². The largest absolute Gasteiger partial charge is 0.508 e. The highest BCUT2D eigenvalue weighted by Crippen LogP contribution is 2.19. The number of aromatic hydroxyl groups is 1. The lowest BCUT2D eigenvalue weighted by Gasteiger charge is -2.36. The molecule has 2 aromatic rings. The van der Waals surface area contributed by atoms with Gasteiger partial charge >= 0.3 is 0 Å². The van der Waals surface area contributed by atoms with Gasteiger partial charge in [-0.25, -0.2) is 4.39 Å². The van der Waals surface area contributed by atoms with Gasteiger partial charge in [-0.05, 0) is 55.0 Å². The molecule has 1 N–H and O–H groups in total. The predicted molar refractivity (Wildman–Crippen MR) is 93.3 cm³/mol. The second-order valence-electron chi connectivity index (χ2n) is 6.00. The minimum absolute atomic E-state index is 0.242. The SMILES string of the molecule is Oc1ccc(N2CCN(CCCOc3ccc(F)cc3)CC2)cc1. The number of nitrogens with zero attached hydrogens (tertiary/aromatic N) is 2. The molecule has 0 bridgehead atoms. The number of anilines is 1. The van der Waals surface area contributed by atoms with E-state index >= 15 is 0 Å². The van der Waals surface area contributed by atoms with E-state index in [-0.39, 0.29) is 5.82 Å². The second kappa shape index (κ2) is 8.02. The molecule has 0 spiro atoms. The van der Waals surface area contributed by atoms with Gasteiger partial charge in [-0.3, -0.25) is 4.90 Å². The van der Waals surface area contributed by atoms with E-state index < -0.39 is 0 Å². The first-order chi connectivity index (χ1) is 11.7. The molecule has 1 fully saturated rings. The number of piperazine rings is 1. The van der Waals surface area contributed by atoms with Crippen LogP contribution in [0.4, 0.5) is 10.1 Å². The van der Waals surface area contributed by atoms with Gasteiger partial charge < -0.3 is 14.7 Å². The Morgan fingerprint density at radius 1 is 0.917 bits per heavy atom. The molecule has 0 atom stereocenters. The molecule has 2 aromatic carbocycles. The van der Waals surface area contributed by atoms with Crippen molar-refractivity contribution in [2.24, 2.45) is 0 Å². The van der Waals surface area contributed by atoms with Crippen molar-refractivity contribution >= 4 is 5.69 Å². The Kier molecular flexibility index (Phi) is 5.54. The highest BCUT2D eigenvalue weighted by atomic mass is 19.1. The van der Waals surface area contributed by atoms with Crippen LogP contribution >= 0.6 is 0 Å². The van der Waals surface area contributed by atoms with Crippen LogP contribution in [0.25, 0.3) is 0 Å². The van der Waals surface area contributed by atoms with Crippen LogP contribution in [0.15, 0.2) is 48.5 Å². The lowest BCUT2D eigenvalue weighted by Crippen LogP contribution is -2.46. The molecule has 128 valence electrons. The van der Waals surface area contributed by atoms with Crippen molar-refractivity contribution in [3.05, 3.63) is 54.3 Å². The maximum atomic E-state index is 12.8. The molecule has 5 heteroatoms. The Bertz CT molecular complexity index is 623. The summed E-state index contributed by atoms with van der Waals surface area (Å²) in [5.74, 6) is 0.779. The molecule has 0 aromatic heterocycles. The number of ether oxygens (including phenoxy) is 1. The highest BCUT2D eigenvalue weighted by Gasteiger charge is 2.16. The first kappa shape index (κ1) is 16.6. The Hall–Kier alpha value is -2.27. The van der Waals surface area contributed by atoms with E-state index in [9.17, 15) is 9.50 Å². The molecule has 0 aliphatic carbocycles. The third-order valence-electron chi connectivity index (χ3n) is 4.29. The standard InChI is InChI=1S/C19H23FN2O2/c20-16-2-8-19(9-3-16)24-15-1-10-21-11-13-22(14-12-21)17-4-6-18(23)7-5-17/h2-9,23H,1,10-15H2. The van der Waals surface area contributed by atoms with Gasteiger partial charge in [0, 0.05) is 38.4 Å². The summed E-state index contributed by atoms with van der Waals surface area (Å²) in [6.07, 6.45) is 0.955. The van der Waals surface area contributed by atoms with Crippen LogP contribution in [0, 0.1) is 5.82 Å². The van der Waals surface area contributed by atoms with Gasteiger partial charge in [0.15, 0.2) is 0 Å². The smallest absolute Gasteiger partial charge is 0.123 e. The lowest BCUT2D eigenvalue weighted by molar-refractivity contribution is 0.224. The van der Waals surface area contributed by atoms with E-state index in [4.69, 9.17) is 4.74 Å². The fourth-order valence-electron chi connectivity index (χ4n) is 2.90. The molecule has 3 rings (SSSR count). The van der Waals surface area contributed by atoms with E-state index in [1.807, 2.05) is 12.1 Å². The topological polar surface area (TPSA) is 35.9 Å². The number of hydrogen-bond donors (Lipinski definition) is 1. The summed E-state index contributed by atoms with van der Waals surface area (Å²) in [6, 6.07) is 13.5. The predicted octanol–water partition coefficient (Wildman–Crippen LogP) is 3.12. The third-order valence-corrected chi connectivity index (χ3v) is 4.29. The quantitative estimate of drug-likeness (QED) is 0.826. The summed E-state index contributed by atoms with van der Waals surface area (Å²) < 4.78 is 18.4. The van der Waals surface area contributed by atoms with Gasteiger partial charge in [0.05, 0.1) is 6.61 Å². The minimum Gasteiger partial charge on any atom is -0.508 e. The second-order valence-corrected chi connectivity index (χ2v) is 6.00. The van der Waals surface area contributed by atoms with Crippen LogP contribution in [0.1, 0.15) is 6.42 Å². The molecule has 0 unspecified atom stereocenters. The zero-order valence-corrected chi connectivity index (χ0v) is 13.7. The van der Waals surface area contributed by atoms with Gasteiger partial charge in [-0.15, -0.1) is 0 Å². The van der Waals surface area contributed by atoms with Crippen molar-refractivity contribution in [3.8, 4) is 11.5 Å². The number of rotatable bonds is 6. The number of phenols is 1. The van der Waals surface area contributed by atoms with Crippen molar-refractivity contribution in [1.82, 2.24) is 4.90 Å². The zero-order chi connectivity index (χ0) is 16.8. The van der Waals surface area contributed by atoms with Gasteiger partial charge in [-0.1, -0.05) is 0 Å². The number of phenolic OH excluding ortho intramolecular Hbond substituents is 1. The third kappa shape index (κ3) is 4.61. The Morgan fingerprint density at radius 2 is 1.58 bits per heavy atom. The summed E-state index contributed by atoms with van der Waals surface area (Å²) in [5.41, 5.74) is 1.16.